The van der Waals surface area contributed by atoms with E-state index in [2.05, 4.69) is 33.0 Å². The molecule has 1 rings (SSSR count). The van der Waals surface area contributed by atoms with Crippen LogP contribution in [-0.2, 0) is 10.2 Å². The third kappa shape index (κ3) is 5.05. The molecule has 0 saturated heterocycles. The van der Waals surface area contributed by atoms with Crippen molar-refractivity contribution in [2.45, 2.75) is 58.4 Å². The Morgan fingerprint density at radius 1 is 1.38 bits per heavy atom. The number of ether oxygens (including phenoxy) is 1. The average molecular weight is 292 g/mol. The lowest BCUT2D eigenvalue weighted by Gasteiger charge is -2.22. The number of anilines is 1. The molecule has 21 heavy (non-hydrogen) atoms. The highest BCUT2D eigenvalue weighted by atomic mass is 16.5. The van der Waals surface area contributed by atoms with Crippen molar-refractivity contribution in [1.29, 1.82) is 0 Å². The molecular weight excluding hydrogens is 264 g/mol. The first-order valence-electron chi connectivity index (χ1n) is 7.54. The number of carbonyl (C=O) groups is 1. The van der Waals surface area contributed by atoms with Crippen LogP contribution in [0.25, 0.3) is 0 Å². The summed E-state index contributed by atoms with van der Waals surface area (Å²) in [4.78, 5) is 12.2. The number of carbonyl (C=O) groups excluding carboxylic acids is 1. The molecular formula is C17H28N2O2. The molecule has 4 heteroatoms. The van der Waals surface area contributed by atoms with Gasteiger partial charge in [0.15, 0.2) is 0 Å². The third-order valence-electron chi connectivity index (χ3n) is 3.53. The summed E-state index contributed by atoms with van der Waals surface area (Å²) in [7, 11) is 1.60. The van der Waals surface area contributed by atoms with Gasteiger partial charge in [0, 0.05) is 0 Å². The zero-order chi connectivity index (χ0) is 16.0. The van der Waals surface area contributed by atoms with Crippen molar-refractivity contribution in [3.8, 4) is 5.75 Å². The Bertz CT molecular complexity index is 478. The SMILES string of the molecule is CCCCC(N)C(=O)Nc1cc(C(C)(C)C)ccc1OC. The van der Waals surface area contributed by atoms with Crippen LogP contribution in [-0.4, -0.2) is 19.1 Å². The first kappa shape index (κ1) is 17.5. The highest BCUT2D eigenvalue weighted by Crippen LogP contribution is 2.31. The summed E-state index contributed by atoms with van der Waals surface area (Å²) in [6.07, 6.45) is 2.68. The van der Waals surface area contributed by atoms with Gasteiger partial charge in [0.25, 0.3) is 0 Å². The van der Waals surface area contributed by atoms with E-state index >= 15 is 0 Å². The maximum Gasteiger partial charge on any atom is 0.241 e. The van der Waals surface area contributed by atoms with Crippen LogP contribution in [0.1, 0.15) is 52.5 Å². The van der Waals surface area contributed by atoms with Gasteiger partial charge in [-0.3, -0.25) is 4.79 Å². The summed E-state index contributed by atoms with van der Waals surface area (Å²) in [5.74, 6) is 0.492. The van der Waals surface area contributed by atoms with Gasteiger partial charge in [-0.1, -0.05) is 46.6 Å². The van der Waals surface area contributed by atoms with Gasteiger partial charge >= 0.3 is 0 Å². The van der Waals surface area contributed by atoms with Crippen molar-refractivity contribution in [2.24, 2.45) is 5.73 Å². The molecule has 1 unspecified atom stereocenters. The second-order valence-electron chi connectivity index (χ2n) is 6.40. The number of methoxy groups -OCH3 is 1. The molecule has 0 heterocycles. The van der Waals surface area contributed by atoms with Crippen LogP contribution in [0.4, 0.5) is 5.69 Å². The molecule has 0 aliphatic carbocycles. The molecule has 0 aromatic heterocycles. The van der Waals surface area contributed by atoms with Gasteiger partial charge in [0.1, 0.15) is 5.75 Å². The highest BCUT2D eigenvalue weighted by molar-refractivity contribution is 5.96. The van der Waals surface area contributed by atoms with Crippen molar-refractivity contribution in [3.63, 3.8) is 0 Å². The molecule has 4 nitrogen and oxygen atoms in total. The quantitative estimate of drug-likeness (QED) is 0.844. The largest absolute Gasteiger partial charge is 0.495 e. The lowest BCUT2D eigenvalue weighted by Crippen LogP contribution is -2.35. The Hall–Kier alpha value is -1.55. The van der Waals surface area contributed by atoms with Crippen LogP contribution in [0.15, 0.2) is 18.2 Å². The highest BCUT2D eigenvalue weighted by Gasteiger charge is 2.19. The number of unbranched alkanes of at least 4 members (excludes halogenated alkanes) is 1. The van der Waals surface area contributed by atoms with Crippen LogP contribution in [0.2, 0.25) is 0 Å². The summed E-state index contributed by atoms with van der Waals surface area (Å²) in [6.45, 7) is 8.48. The molecule has 0 bridgehead atoms. The summed E-state index contributed by atoms with van der Waals surface area (Å²) < 4.78 is 5.32. The maximum absolute atomic E-state index is 12.2. The Morgan fingerprint density at radius 2 is 2.05 bits per heavy atom. The smallest absolute Gasteiger partial charge is 0.241 e. The van der Waals surface area contributed by atoms with Gasteiger partial charge in [-0.05, 0) is 29.5 Å². The summed E-state index contributed by atoms with van der Waals surface area (Å²) in [5, 5.41) is 2.89. The number of nitrogens with one attached hydrogen (secondary N) is 1. The fourth-order valence-corrected chi connectivity index (χ4v) is 2.05. The van der Waals surface area contributed by atoms with E-state index in [1.54, 1.807) is 7.11 Å². The van der Waals surface area contributed by atoms with E-state index < -0.39 is 6.04 Å². The summed E-state index contributed by atoms with van der Waals surface area (Å²) in [5.41, 5.74) is 7.75. The minimum absolute atomic E-state index is 0.01000. The van der Waals surface area contributed by atoms with Gasteiger partial charge in [0.05, 0.1) is 18.8 Å². The summed E-state index contributed by atoms with van der Waals surface area (Å²) >= 11 is 0. The minimum atomic E-state index is -0.479. The topological polar surface area (TPSA) is 64.4 Å². The predicted octanol–water partition coefficient (Wildman–Crippen LogP) is 3.45. The Labute approximate surface area is 128 Å². The average Bonchev–Trinajstić information content (AvgIpc) is 2.43. The van der Waals surface area contributed by atoms with Gasteiger partial charge in [-0.2, -0.15) is 0 Å². The second kappa shape index (κ2) is 7.46. The van der Waals surface area contributed by atoms with Crippen LogP contribution in [0.3, 0.4) is 0 Å². The van der Waals surface area contributed by atoms with E-state index in [1.807, 2.05) is 18.2 Å². The van der Waals surface area contributed by atoms with E-state index in [0.717, 1.165) is 18.4 Å². The number of rotatable bonds is 6. The molecule has 3 N–H and O–H groups in total. The van der Waals surface area contributed by atoms with Gasteiger partial charge in [-0.25, -0.2) is 0 Å². The number of benzene rings is 1. The van der Waals surface area contributed by atoms with Crippen molar-refractivity contribution >= 4 is 11.6 Å². The van der Waals surface area contributed by atoms with Crippen LogP contribution < -0.4 is 15.8 Å². The molecule has 0 spiro atoms. The lowest BCUT2D eigenvalue weighted by atomic mass is 9.87. The van der Waals surface area contributed by atoms with E-state index in [4.69, 9.17) is 10.5 Å². The first-order chi connectivity index (χ1) is 9.79. The molecule has 0 aliphatic heterocycles. The monoisotopic (exact) mass is 292 g/mol. The number of nitrogens with two attached hydrogens (primary N) is 1. The molecule has 1 aromatic carbocycles. The fourth-order valence-electron chi connectivity index (χ4n) is 2.05. The normalized spacial score (nSPS) is 12.9. The van der Waals surface area contributed by atoms with Crippen molar-refractivity contribution < 1.29 is 9.53 Å². The zero-order valence-corrected chi connectivity index (χ0v) is 13.8. The van der Waals surface area contributed by atoms with E-state index in [-0.39, 0.29) is 11.3 Å². The van der Waals surface area contributed by atoms with Crippen LogP contribution in [0.5, 0.6) is 5.75 Å². The van der Waals surface area contributed by atoms with E-state index in [9.17, 15) is 4.79 Å². The van der Waals surface area contributed by atoms with Crippen LogP contribution in [0, 0.1) is 0 Å². The Morgan fingerprint density at radius 3 is 2.57 bits per heavy atom. The molecule has 1 atom stereocenters. The Balaban J connectivity index is 2.92. The second-order valence-corrected chi connectivity index (χ2v) is 6.40. The molecule has 118 valence electrons. The van der Waals surface area contributed by atoms with Crippen molar-refractivity contribution in [1.82, 2.24) is 0 Å². The Kier molecular flexibility index (Phi) is 6.21. The zero-order valence-electron chi connectivity index (χ0n) is 13.8. The maximum atomic E-state index is 12.2. The third-order valence-corrected chi connectivity index (χ3v) is 3.53. The van der Waals surface area contributed by atoms with E-state index in [1.165, 1.54) is 0 Å². The molecule has 0 saturated carbocycles. The van der Waals surface area contributed by atoms with Crippen LogP contribution >= 0.6 is 0 Å². The lowest BCUT2D eigenvalue weighted by molar-refractivity contribution is -0.117. The number of hydrogen-bond acceptors (Lipinski definition) is 3. The van der Waals surface area contributed by atoms with Crippen molar-refractivity contribution in [3.05, 3.63) is 23.8 Å². The van der Waals surface area contributed by atoms with Crippen molar-refractivity contribution in [2.75, 3.05) is 12.4 Å². The molecule has 1 aromatic rings. The first-order valence-corrected chi connectivity index (χ1v) is 7.54. The molecule has 0 fully saturated rings. The minimum Gasteiger partial charge on any atom is -0.495 e. The summed E-state index contributed by atoms with van der Waals surface area (Å²) in [6, 6.07) is 5.38. The fraction of sp³-hybridized carbons (Fsp3) is 0.588. The van der Waals surface area contributed by atoms with Gasteiger partial charge in [-0.15, -0.1) is 0 Å². The number of amides is 1. The van der Waals surface area contributed by atoms with Gasteiger partial charge in [0.2, 0.25) is 5.91 Å². The molecule has 1 amide bonds. The van der Waals surface area contributed by atoms with Gasteiger partial charge < -0.3 is 15.8 Å². The van der Waals surface area contributed by atoms with E-state index in [0.29, 0.717) is 17.9 Å². The molecule has 0 aliphatic rings. The standard InChI is InChI=1S/C17H28N2O2/c1-6-7-8-13(18)16(20)19-14-11-12(17(2,3)4)9-10-15(14)21-5/h9-11,13H,6-8,18H2,1-5H3,(H,19,20). The predicted molar refractivity (Wildman–Crippen MR) is 87.8 cm³/mol. The number of hydrogen-bond donors (Lipinski definition) is 2. The molecule has 0 radical (unpaired) electrons.